The van der Waals surface area contributed by atoms with Gasteiger partial charge in [-0.05, 0) is 25.0 Å². The molecule has 1 aromatic carbocycles. The molecule has 20 heavy (non-hydrogen) atoms. The summed E-state index contributed by atoms with van der Waals surface area (Å²) < 4.78 is 0. The first-order chi connectivity index (χ1) is 9.48. The largest absolute Gasteiger partial charge is 0.398 e. The molecule has 0 bridgehead atoms. The molecule has 6 heteroatoms. The molecule has 6 nitrogen and oxygen atoms in total. The van der Waals surface area contributed by atoms with Crippen molar-refractivity contribution in [2.75, 3.05) is 5.73 Å². The van der Waals surface area contributed by atoms with Crippen LogP contribution in [0.5, 0.6) is 0 Å². The summed E-state index contributed by atoms with van der Waals surface area (Å²) in [6, 6.07) is 6.65. The first kappa shape index (κ1) is 14.0. The average molecular weight is 275 g/mol. The average Bonchev–Trinajstić information content (AvgIpc) is 2.42. The van der Waals surface area contributed by atoms with Crippen LogP contribution in [-0.2, 0) is 9.59 Å². The summed E-state index contributed by atoms with van der Waals surface area (Å²) in [6.45, 7) is 1.80. The minimum absolute atomic E-state index is 0.212. The molecule has 1 heterocycles. The Morgan fingerprint density at radius 3 is 2.70 bits per heavy atom. The minimum Gasteiger partial charge on any atom is -0.398 e. The first-order valence-electron chi connectivity index (χ1n) is 6.50. The van der Waals surface area contributed by atoms with Crippen molar-refractivity contribution in [3.05, 3.63) is 29.8 Å². The maximum absolute atomic E-state index is 12.3. The molecule has 0 radical (unpaired) electrons. The molecule has 0 aromatic heterocycles. The standard InChI is InChI=1S/C14H17N3O3/c1-2-14(8-7-11(18)16-13(14)20)17-12(19)9-5-3-4-6-10(9)15/h3-6H,2,7-8,15H2,1H3,(H,17,19)(H,16,18,20). The van der Waals surface area contributed by atoms with E-state index < -0.39 is 17.4 Å². The predicted molar refractivity (Wildman–Crippen MR) is 73.7 cm³/mol. The third-order valence-electron chi connectivity index (χ3n) is 3.63. The van der Waals surface area contributed by atoms with E-state index in [1.807, 2.05) is 0 Å². The van der Waals surface area contributed by atoms with E-state index in [2.05, 4.69) is 10.6 Å². The van der Waals surface area contributed by atoms with Crippen LogP contribution < -0.4 is 16.4 Å². The lowest BCUT2D eigenvalue weighted by atomic mass is 9.86. The van der Waals surface area contributed by atoms with Crippen molar-refractivity contribution in [2.45, 2.75) is 31.7 Å². The topological polar surface area (TPSA) is 101 Å². The Bertz CT molecular complexity index is 571. The molecular weight excluding hydrogens is 258 g/mol. The second kappa shape index (κ2) is 5.32. The van der Waals surface area contributed by atoms with E-state index in [1.165, 1.54) is 0 Å². The number of anilines is 1. The van der Waals surface area contributed by atoms with Gasteiger partial charge in [-0.15, -0.1) is 0 Å². The van der Waals surface area contributed by atoms with Gasteiger partial charge in [0.25, 0.3) is 11.8 Å². The van der Waals surface area contributed by atoms with Crippen LogP contribution in [0.25, 0.3) is 0 Å². The van der Waals surface area contributed by atoms with Crippen LogP contribution in [-0.4, -0.2) is 23.3 Å². The van der Waals surface area contributed by atoms with Crippen molar-refractivity contribution in [2.24, 2.45) is 0 Å². The summed E-state index contributed by atoms with van der Waals surface area (Å²) in [7, 11) is 0. The van der Waals surface area contributed by atoms with Crippen LogP contribution in [0.4, 0.5) is 5.69 Å². The Morgan fingerprint density at radius 1 is 1.40 bits per heavy atom. The fraction of sp³-hybridized carbons (Fsp3) is 0.357. The van der Waals surface area contributed by atoms with Gasteiger partial charge in [-0.25, -0.2) is 0 Å². The van der Waals surface area contributed by atoms with Gasteiger partial charge in [0.2, 0.25) is 5.91 Å². The number of nitrogen functional groups attached to an aromatic ring is 1. The van der Waals surface area contributed by atoms with Crippen LogP contribution in [0, 0.1) is 0 Å². The summed E-state index contributed by atoms with van der Waals surface area (Å²) in [5.41, 5.74) is 5.38. The second-order valence-electron chi connectivity index (χ2n) is 4.85. The Hall–Kier alpha value is -2.37. The van der Waals surface area contributed by atoms with Crippen molar-refractivity contribution in [1.82, 2.24) is 10.6 Å². The third kappa shape index (κ3) is 2.49. The lowest BCUT2D eigenvalue weighted by Crippen LogP contribution is -2.62. The number of imide groups is 1. The fourth-order valence-electron chi connectivity index (χ4n) is 2.28. The van der Waals surface area contributed by atoms with E-state index in [0.29, 0.717) is 24.1 Å². The number of nitrogens with two attached hydrogens (primary N) is 1. The highest BCUT2D eigenvalue weighted by atomic mass is 16.2. The molecule has 1 unspecified atom stereocenters. The SMILES string of the molecule is CCC1(NC(=O)c2ccccc2N)CCC(=O)NC1=O. The number of hydrogen-bond acceptors (Lipinski definition) is 4. The smallest absolute Gasteiger partial charge is 0.254 e. The molecule has 0 aliphatic carbocycles. The van der Waals surface area contributed by atoms with Gasteiger partial charge in [0.1, 0.15) is 5.54 Å². The number of para-hydroxylation sites is 1. The molecular formula is C14H17N3O3. The Morgan fingerprint density at radius 2 is 2.10 bits per heavy atom. The van der Waals surface area contributed by atoms with Crippen LogP contribution in [0.15, 0.2) is 24.3 Å². The number of benzene rings is 1. The molecule has 3 amide bonds. The van der Waals surface area contributed by atoms with Gasteiger partial charge in [0.15, 0.2) is 0 Å². The predicted octanol–water partition coefficient (Wildman–Crippen LogP) is 0.584. The number of amides is 3. The summed E-state index contributed by atoms with van der Waals surface area (Å²) in [4.78, 5) is 35.5. The third-order valence-corrected chi connectivity index (χ3v) is 3.63. The normalized spacial score (nSPS) is 22.2. The zero-order valence-electron chi connectivity index (χ0n) is 11.2. The number of rotatable bonds is 3. The lowest BCUT2D eigenvalue weighted by Gasteiger charge is -2.35. The molecule has 0 spiro atoms. The monoisotopic (exact) mass is 275 g/mol. The summed E-state index contributed by atoms with van der Waals surface area (Å²) in [5, 5.41) is 5.00. The summed E-state index contributed by atoms with van der Waals surface area (Å²) >= 11 is 0. The molecule has 1 aromatic rings. The molecule has 0 saturated carbocycles. The highest BCUT2D eigenvalue weighted by molar-refractivity contribution is 6.07. The fourth-order valence-corrected chi connectivity index (χ4v) is 2.28. The summed E-state index contributed by atoms with van der Waals surface area (Å²) in [5.74, 6) is -1.18. The van der Waals surface area contributed by atoms with Crippen molar-refractivity contribution in [3.8, 4) is 0 Å². The van der Waals surface area contributed by atoms with Crippen LogP contribution in [0.2, 0.25) is 0 Å². The van der Waals surface area contributed by atoms with Crippen molar-refractivity contribution < 1.29 is 14.4 Å². The quantitative estimate of drug-likeness (QED) is 0.555. The van der Waals surface area contributed by atoms with E-state index in [-0.39, 0.29) is 12.3 Å². The van der Waals surface area contributed by atoms with Crippen LogP contribution in [0.3, 0.4) is 0 Å². The molecule has 1 aliphatic rings. The van der Waals surface area contributed by atoms with E-state index in [9.17, 15) is 14.4 Å². The number of carbonyl (C=O) groups excluding carboxylic acids is 3. The molecule has 1 atom stereocenters. The van der Waals surface area contributed by atoms with Crippen molar-refractivity contribution in [1.29, 1.82) is 0 Å². The molecule has 4 N–H and O–H groups in total. The van der Waals surface area contributed by atoms with Gasteiger partial charge < -0.3 is 11.1 Å². The summed E-state index contributed by atoms with van der Waals surface area (Å²) in [6.07, 6.45) is 0.918. The first-order valence-corrected chi connectivity index (χ1v) is 6.50. The second-order valence-corrected chi connectivity index (χ2v) is 4.85. The number of carbonyl (C=O) groups is 3. The van der Waals surface area contributed by atoms with Gasteiger partial charge in [-0.3, -0.25) is 19.7 Å². The number of nitrogens with one attached hydrogen (secondary N) is 2. The van der Waals surface area contributed by atoms with Gasteiger partial charge in [-0.1, -0.05) is 19.1 Å². The van der Waals surface area contributed by atoms with Crippen molar-refractivity contribution >= 4 is 23.4 Å². The maximum Gasteiger partial charge on any atom is 0.254 e. The van der Waals surface area contributed by atoms with Gasteiger partial charge in [0, 0.05) is 12.1 Å². The number of piperidine rings is 1. The maximum atomic E-state index is 12.3. The lowest BCUT2D eigenvalue weighted by molar-refractivity contribution is -0.138. The van der Waals surface area contributed by atoms with E-state index >= 15 is 0 Å². The molecule has 2 rings (SSSR count). The van der Waals surface area contributed by atoms with E-state index in [1.54, 1.807) is 31.2 Å². The molecule has 1 fully saturated rings. The Kier molecular flexibility index (Phi) is 3.74. The van der Waals surface area contributed by atoms with Gasteiger partial charge in [-0.2, -0.15) is 0 Å². The van der Waals surface area contributed by atoms with Crippen LogP contribution in [0.1, 0.15) is 36.5 Å². The Balaban J connectivity index is 2.22. The van der Waals surface area contributed by atoms with Crippen molar-refractivity contribution in [3.63, 3.8) is 0 Å². The zero-order chi connectivity index (χ0) is 14.8. The zero-order valence-corrected chi connectivity index (χ0v) is 11.2. The Labute approximate surface area is 116 Å². The number of hydrogen-bond donors (Lipinski definition) is 3. The van der Waals surface area contributed by atoms with Crippen LogP contribution >= 0.6 is 0 Å². The van der Waals surface area contributed by atoms with Gasteiger partial charge in [0.05, 0.1) is 5.56 Å². The highest BCUT2D eigenvalue weighted by Gasteiger charge is 2.42. The molecule has 106 valence electrons. The minimum atomic E-state index is -1.05. The molecule has 1 saturated heterocycles. The highest BCUT2D eigenvalue weighted by Crippen LogP contribution is 2.23. The molecule has 1 aliphatic heterocycles. The van der Waals surface area contributed by atoms with E-state index in [0.717, 1.165) is 0 Å². The van der Waals surface area contributed by atoms with Gasteiger partial charge >= 0.3 is 0 Å². The van der Waals surface area contributed by atoms with E-state index in [4.69, 9.17) is 5.73 Å².